The number of aliphatic hydroxyl groups excluding tert-OH is 11. The molecule has 0 aliphatic carbocycles. The number of hydrogen-bond donors (Lipinski definition) is 12. The van der Waals surface area contributed by atoms with Gasteiger partial charge in [0.2, 0.25) is 5.91 Å². The van der Waals surface area contributed by atoms with Gasteiger partial charge >= 0.3 is 0 Å². The molecule has 3 aliphatic heterocycles. The lowest BCUT2D eigenvalue weighted by molar-refractivity contribution is -0.379. The molecule has 19 nitrogen and oxygen atoms in total. The summed E-state index contributed by atoms with van der Waals surface area (Å²) in [5.41, 5.74) is 0. The molecule has 512 valence electrons. The highest BCUT2D eigenvalue weighted by atomic mass is 16.8. The highest BCUT2D eigenvalue weighted by Gasteiger charge is 2.53. The molecular weight excluding hydrogens is 1140 g/mol. The van der Waals surface area contributed by atoms with E-state index in [1.807, 2.05) is 6.08 Å². The van der Waals surface area contributed by atoms with Crippen LogP contribution in [0, 0.1) is 0 Å². The zero-order valence-electron chi connectivity index (χ0n) is 53.9. The summed E-state index contributed by atoms with van der Waals surface area (Å²) >= 11 is 0. The van der Waals surface area contributed by atoms with Crippen molar-refractivity contribution in [2.75, 3.05) is 26.4 Å². The van der Waals surface area contributed by atoms with Gasteiger partial charge in [-0.3, -0.25) is 4.79 Å². The monoisotopic (exact) mass is 1260 g/mol. The third-order valence-electron chi connectivity index (χ3n) is 16.3. The molecule has 3 saturated heterocycles. The van der Waals surface area contributed by atoms with Gasteiger partial charge < -0.3 is 89.9 Å². The van der Waals surface area contributed by atoms with Crippen LogP contribution in [-0.4, -0.2) is 193 Å². The van der Waals surface area contributed by atoms with E-state index < -0.39 is 131 Å². The Balaban J connectivity index is 1.49. The van der Waals surface area contributed by atoms with E-state index in [9.17, 15) is 61.0 Å². The van der Waals surface area contributed by atoms with Crippen molar-refractivity contribution in [2.24, 2.45) is 0 Å². The Labute approximate surface area is 533 Å². The third kappa shape index (κ3) is 33.4. The fraction of sp³-hybridized carbons (Fsp3) is 0.757. The molecule has 17 unspecified atom stereocenters. The first-order chi connectivity index (χ1) is 43.3. The minimum absolute atomic E-state index is 0.187. The Hall–Kier alpha value is -3.29. The smallest absolute Gasteiger partial charge is 0.220 e. The average molecular weight is 1260 g/mol. The van der Waals surface area contributed by atoms with E-state index in [-0.39, 0.29) is 12.3 Å². The maximum Gasteiger partial charge on any atom is 0.220 e. The minimum Gasteiger partial charge on any atom is -0.394 e. The molecule has 3 rings (SSSR count). The number of carbonyl (C=O) groups is 1. The number of rotatable bonds is 50. The number of aliphatic hydroxyl groups is 11. The number of nitrogens with one attached hydrogen (secondary N) is 1. The van der Waals surface area contributed by atoms with Gasteiger partial charge in [0.25, 0.3) is 0 Å². The van der Waals surface area contributed by atoms with Crippen molar-refractivity contribution in [3.63, 3.8) is 0 Å². The van der Waals surface area contributed by atoms with Crippen molar-refractivity contribution in [1.82, 2.24) is 5.32 Å². The maximum atomic E-state index is 13.4. The standard InChI is InChI=1S/C70H119NO18/c1-3-5-7-9-11-13-15-17-19-21-23-24-25-26-27-28-30-31-33-35-37-39-41-43-45-47-54(75)53(71-58(76)48-46-44-42-40-38-36-34-32-29-22-20-18-16-14-12-10-8-6-4-2)52-84-68-64(82)61(79)66(56(50-73)86-68)89-70-65(83)62(80)67(57(51-74)87-70)88-69-63(81)60(78)59(77)55(49-72)85-69/h6,8,12,14,18,20,29-32,36-39,45,47,53-57,59-70,72-75,77-83H,3-5,7,9-11,13,15-17,19,21-28,33-35,40-44,46,48-52H2,1-2H3,(H,71,76)/b8-6-,14-12-,20-18-,31-30+,32-29-,38-36-,39-37+,47-45+. The summed E-state index contributed by atoms with van der Waals surface area (Å²) in [6.07, 6.45) is 39.6. The highest BCUT2D eigenvalue weighted by molar-refractivity contribution is 5.76. The number of carbonyl (C=O) groups excluding carboxylic acids is 1. The van der Waals surface area contributed by atoms with Crippen molar-refractivity contribution >= 4 is 5.91 Å². The predicted octanol–water partition coefficient (Wildman–Crippen LogP) is 8.49. The van der Waals surface area contributed by atoms with E-state index in [0.29, 0.717) is 12.8 Å². The van der Waals surface area contributed by atoms with Gasteiger partial charge in [-0.2, -0.15) is 0 Å². The first kappa shape index (κ1) is 79.9. The number of hydrogen-bond acceptors (Lipinski definition) is 18. The SMILES string of the molecule is CC/C=C\C/C=C\C/C=C\C/C=C\C/C=C\CCCCCC(=O)NC(COC1OC(CO)C(OC2OC(CO)C(OC3OC(CO)C(O)C(O)C3O)C(O)C2O)C(O)C1O)C(O)/C=C/CC/C=C/CC/C=C/CCCCCCCCCCCCCCCCC. The van der Waals surface area contributed by atoms with E-state index >= 15 is 0 Å². The van der Waals surface area contributed by atoms with Crippen molar-refractivity contribution in [1.29, 1.82) is 0 Å². The number of allylic oxidation sites excluding steroid dienone is 15. The van der Waals surface area contributed by atoms with Crippen LogP contribution in [-0.2, 0) is 33.2 Å². The summed E-state index contributed by atoms with van der Waals surface area (Å²) in [5, 5.41) is 120. The van der Waals surface area contributed by atoms with Crippen LogP contribution < -0.4 is 5.32 Å². The molecule has 0 saturated carbocycles. The van der Waals surface area contributed by atoms with E-state index in [1.165, 1.54) is 96.3 Å². The van der Waals surface area contributed by atoms with Gasteiger partial charge in [0.05, 0.1) is 38.6 Å². The van der Waals surface area contributed by atoms with Gasteiger partial charge in [-0.05, 0) is 89.9 Å². The van der Waals surface area contributed by atoms with Crippen molar-refractivity contribution in [3.05, 3.63) is 97.2 Å². The molecule has 1 amide bonds. The normalized spacial score (nSPS) is 28.8. The third-order valence-corrected chi connectivity index (χ3v) is 16.3. The second-order valence-corrected chi connectivity index (χ2v) is 23.9. The predicted molar refractivity (Wildman–Crippen MR) is 346 cm³/mol. The second-order valence-electron chi connectivity index (χ2n) is 23.9. The molecule has 3 heterocycles. The molecule has 19 heteroatoms. The molecule has 89 heavy (non-hydrogen) atoms. The summed E-state index contributed by atoms with van der Waals surface area (Å²) in [6, 6.07) is -1.02. The van der Waals surface area contributed by atoms with Gasteiger partial charge in [-0.15, -0.1) is 0 Å². The topological polar surface area (TPSA) is 307 Å². The highest BCUT2D eigenvalue weighted by Crippen LogP contribution is 2.33. The fourth-order valence-electron chi connectivity index (χ4n) is 10.8. The summed E-state index contributed by atoms with van der Waals surface area (Å²) in [7, 11) is 0. The number of ether oxygens (including phenoxy) is 6. The van der Waals surface area contributed by atoms with Crippen molar-refractivity contribution in [3.8, 4) is 0 Å². The van der Waals surface area contributed by atoms with Crippen LogP contribution in [0.15, 0.2) is 97.2 Å². The van der Waals surface area contributed by atoms with Crippen LogP contribution in [0.25, 0.3) is 0 Å². The van der Waals surface area contributed by atoms with Crippen LogP contribution >= 0.6 is 0 Å². The molecule has 17 atom stereocenters. The van der Waals surface area contributed by atoms with Crippen molar-refractivity contribution < 1.29 is 89.4 Å². The lowest BCUT2D eigenvalue weighted by Gasteiger charge is -2.48. The van der Waals surface area contributed by atoms with Crippen LogP contribution in [0.1, 0.15) is 206 Å². The van der Waals surface area contributed by atoms with Gasteiger partial charge in [0.15, 0.2) is 18.9 Å². The Morgan fingerprint density at radius 3 is 1.26 bits per heavy atom. The zero-order valence-corrected chi connectivity index (χ0v) is 53.9. The molecule has 0 bridgehead atoms. The van der Waals surface area contributed by atoms with Gasteiger partial charge in [-0.25, -0.2) is 0 Å². The summed E-state index contributed by atoms with van der Waals surface area (Å²) in [6.45, 7) is 1.56. The number of unbranched alkanes of at least 4 members (excludes halogenated alkanes) is 20. The number of amides is 1. The lowest BCUT2D eigenvalue weighted by atomic mass is 9.96. The minimum atomic E-state index is -1.99. The van der Waals surface area contributed by atoms with Crippen LogP contribution in [0.2, 0.25) is 0 Å². The molecule has 0 aromatic rings. The largest absolute Gasteiger partial charge is 0.394 e. The zero-order chi connectivity index (χ0) is 64.7. The molecule has 0 aromatic heterocycles. The van der Waals surface area contributed by atoms with E-state index in [0.717, 1.165) is 77.0 Å². The molecule has 12 N–H and O–H groups in total. The maximum absolute atomic E-state index is 13.4. The molecule has 0 radical (unpaired) electrons. The summed E-state index contributed by atoms with van der Waals surface area (Å²) < 4.78 is 34.3. The second kappa shape index (κ2) is 51.2. The van der Waals surface area contributed by atoms with Gasteiger partial charge in [-0.1, -0.05) is 207 Å². The first-order valence-corrected chi connectivity index (χ1v) is 34.0. The Morgan fingerprint density at radius 2 is 0.787 bits per heavy atom. The Kier molecular flexibility index (Phi) is 46.0. The Morgan fingerprint density at radius 1 is 0.416 bits per heavy atom. The molecule has 0 spiro atoms. The summed E-state index contributed by atoms with van der Waals surface area (Å²) in [5.74, 6) is -0.324. The van der Waals surface area contributed by atoms with Crippen LogP contribution in [0.4, 0.5) is 0 Å². The van der Waals surface area contributed by atoms with E-state index in [4.69, 9.17) is 28.4 Å². The molecule has 3 aliphatic rings. The van der Waals surface area contributed by atoms with E-state index in [1.54, 1.807) is 6.08 Å². The van der Waals surface area contributed by atoms with E-state index in [2.05, 4.69) is 104 Å². The molecular formula is C70H119NO18. The quantitative estimate of drug-likeness (QED) is 0.0201. The summed E-state index contributed by atoms with van der Waals surface area (Å²) in [4.78, 5) is 13.4. The lowest BCUT2D eigenvalue weighted by Crippen LogP contribution is -2.66. The van der Waals surface area contributed by atoms with Crippen LogP contribution in [0.5, 0.6) is 0 Å². The van der Waals surface area contributed by atoms with Crippen LogP contribution in [0.3, 0.4) is 0 Å². The Bertz CT molecular complexity index is 1990. The first-order valence-electron chi connectivity index (χ1n) is 34.0. The van der Waals surface area contributed by atoms with Crippen molar-refractivity contribution in [2.45, 2.75) is 311 Å². The van der Waals surface area contributed by atoms with Gasteiger partial charge in [0.1, 0.15) is 73.2 Å². The molecule has 0 aromatic carbocycles. The fourth-order valence-corrected chi connectivity index (χ4v) is 10.8. The molecule has 3 fully saturated rings. The van der Waals surface area contributed by atoms with Gasteiger partial charge in [0, 0.05) is 6.42 Å². The average Bonchev–Trinajstić information content (AvgIpc) is 2.46.